The van der Waals surface area contributed by atoms with Crippen LogP contribution in [0.25, 0.3) is 0 Å². The molecule has 0 aromatic heterocycles. The van der Waals surface area contributed by atoms with E-state index in [0.29, 0.717) is 12.0 Å². The predicted molar refractivity (Wildman–Crippen MR) is 127 cm³/mol. The summed E-state index contributed by atoms with van der Waals surface area (Å²) < 4.78 is 10.9. The molecule has 2 heterocycles. The second-order valence-electron chi connectivity index (χ2n) is 8.87. The van der Waals surface area contributed by atoms with E-state index in [9.17, 15) is 0 Å². The Labute approximate surface area is 188 Å². The van der Waals surface area contributed by atoms with Gasteiger partial charge in [-0.3, -0.25) is 9.89 Å². The molecule has 7 heteroatoms. The van der Waals surface area contributed by atoms with Crippen LogP contribution in [-0.4, -0.2) is 88.4 Å². The highest BCUT2D eigenvalue weighted by atomic mass is 16.5. The van der Waals surface area contributed by atoms with Gasteiger partial charge < -0.3 is 25.0 Å². The molecule has 7 nitrogen and oxygen atoms in total. The van der Waals surface area contributed by atoms with Crippen molar-refractivity contribution in [2.75, 3.05) is 66.6 Å². The first-order valence-corrected chi connectivity index (χ1v) is 11.7. The van der Waals surface area contributed by atoms with E-state index in [-0.39, 0.29) is 6.04 Å². The number of piperidine rings is 1. The highest BCUT2D eigenvalue weighted by Gasteiger charge is 2.24. The van der Waals surface area contributed by atoms with Crippen molar-refractivity contribution in [3.05, 3.63) is 29.8 Å². The maximum Gasteiger partial charge on any atom is 0.191 e. The summed E-state index contributed by atoms with van der Waals surface area (Å²) in [5.74, 6) is 2.44. The van der Waals surface area contributed by atoms with Gasteiger partial charge in [0.05, 0.1) is 26.4 Å². The number of likely N-dealkylation sites (tertiary alicyclic amines) is 1. The van der Waals surface area contributed by atoms with Crippen molar-refractivity contribution in [1.82, 2.24) is 20.4 Å². The van der Waals surface area contributed by atoms with Gasteiger partial charge in [0.25, 0.3) is 0 Å². The van der Waals surface area contributed by atoms with Gasteiger partial charge >= 0.3 is 0 Å². The molecule has 0 radical (unpaired) electrons. The minimum Gasteiger partial charge on any atom is -0.497 e. The van der Waals surface area contributed by atoms with Crippen molar-refractivity contribution in [3.63, 3.8) is 0 Å². The molecule has 1 aromatic carbocycles. The van der Waals surface area contributed by atoms with Crippen molar-refractivity contribution in [2.45, 2.75) is 38.8 Å². The van der Waals surface area contributed by atoms with Crippen molar-refractivity contribution in [3.8, 4) is 5.75 Å². The number of hydrogen-bond acceptors (Lipinski definition) is 5. The van der Waals surface area contributed by atoms with Crippen LogP contribution in [0.2, 0.25) is 0 Å². The van der Waals surface area contributed by atoms with Crippen molar-refractivity contribution in [1.29, 1.82) is 0 Å². The predicted octanol–water partition coefficient (Wildman–Crippen LogP) is 2.35. The van der Waals surface area contributed by atoms with Gasteiger partial charge in [-0.15, -0.1) is 0 Å². The molecular weight excluding hydrogens is 390 g/mol. The third-order valence-corrected chi connectivity index (χ3v) is 6.51. The van der Waals surface area contributed by atoms with E-state index in [4.69, 9.17) is 9.47 Å². The van der Waals surface area contributed by atoms with E-state index >= 15 is 0 Å². The number of hydrogen-bond donors (Lipinski definition) is 2. The fourth-order valence-electron chi connectivity index (χ4n) is 4.56. The molecule has 0 aliphatic carbocycles. The monoisotopic (exact) mass is 431 g/mol. The van der Waals surface area contributed by atoms with Crippen molar-refractivity contribution in [2.24, 2.45) is 10.9 Å². The van der Waals surface area contributed by atoms with Gasteiger partial charge in [-0.1, -0.05) is 12.1 Å². The number of rotatable bonds is 8. The molecule has 174 valence electrons. The third-order valence-electron chi connectivity index (χ3n) is 6.51. The van der Waals surface area contributed by atoms with Crippen LogP contribution in [0.1, 0.15) is 38.3 Å². The van der Waals surface area contributed by atoms with Gasteiger partial charge in [0, 0.05) is 45.8 Å². The molecule has 2 fully saturated rings. The first-order chi connectivity index (χ1) is 15.1. The zero-order valence-electron chi connectivity index (χ0n) is 19.8. The molecule has 2 aliphatic heterocycles. The van der Waals surface area contributed by atoms with Gasteiger partial charge in [-0.2, -0.15) is 0 Å². The van der Waals surface area contributed by atoms with Crippen molar-refractivity contribution < 1.29 is 9.47 Å². The van der Waals surface area contributed by atoms with E-state index in [2.05, 4.69) is 51.4 Å². The smallest absolute Gasteiger partial charge is 0.191 e. The first-order valence-electron chi connectivity index (χ1n) is 11.7. The number of nitrogens with one attached hydrogen (secondary N) is 2. The topological polar surface area (TPSA) is 61.4 Å². The Balaban J connectivity index is 1.56. The van der Waals surface area contributed by atoms with E-state index < -0.39 is 0 Å². The van der Waals surface area contributed by atoms with E-state index in [1.807, 2.05) is 19.2 Å². The molecule has 3 rings (SSSR count). The van der Waals surface area contributed by atoms with Crippen LogP contribution in [0.4, 0.5) is 0 Å². The summed E-state index contributed by atoms with van der Waals surface area (Å²) in [4.78, 5) is 9.56. The molecule has 0 saturated carbocycles. The number of benzene rings is 1. The SMILES string of the molecule is CN=C(NCC1CCCN(C(C)C)C1)NCC(c1ccc(OC)cc1)N1CCOCC1. The van der Waals surface area contributed by atoms with E-state index in [1.54, 1.807) is 7.11 Å². The van der Waals surface area contributed by atoms with Crippen LogP contribution in [0, 0.1) is 5.92 Å². The highest BCUT2D eigenvalue weighted by Crippen LogP contribution is 2.24. The Bertz CT molecular complexity index is 673. The Morgan fingerprint density at radius 2 is 1.87 bits per heavy atom. The number of methoxy groups -OCH3 is 1. The number of aliphatic imine (C=N–C) groups is 1. The largest absolute Gasteiger partial charge is 0.497 e. The molecule has 2 atom stereocenters. The summed E-state index contributed by atoms with van der Waals surface area (Å²) in [5.41, 5.74) is 1.28. The lowest BCUT2D eigenvalue weighted by Crippen LogP contribution is -2.48. The van der Waals surface area contributed by atoms with Crippen molar-refractivity contribution >= 4 is 5.96 Å². The van der Waals surface area contributed by atoms with Gasteiger partial charge in [-0.25, -0.2) is 0 Å². The average Bonchev–Trinajstić information content (AvgIpc) is 2.82. The molecule has 31 heavy (non-hydrogen) atoms. The van der Waals surface area contributed by atoms with E-state index in [1.165, 1.54) is 31.5 Å². The standard InChI is InChI=1S/C24H41N5O2/c1-19(2)29-11-5-6-20(18-29)16-26-24(25-3)27-17-23(28-12-14-31-15-13-28)21-7-9-22(30-4)10-8-21/h7-10,19-20,23H,5-6,11-18H2,1-4H3,(H2,25,26,27). The van der Waals surface area contributed by atoms with Gasteiger partial charge in [0.1, 0.15) is 5.75 Å². The Morgan fingerprint density at radius 3 is 2.52 bits per heavy atom. The van der Waals surface area contributed by atoms with Gasteiger partial charge in [0.15, 0.2) is 5.96 Å². The number of ether oxygens (including phenoxy) is 2. The Kier molecular flexibility index (Phi) is 9.43. The van der Waals surface area contributed by atoms with Crippen LogP contribution in [0.5, 0.6) is 5.75 Å². The molecule has 1 aromatic rings. The number of guanidine groups is 1. The summed E-state index contributed by atoms with van der Waals surface area (Å²) in [6.45, 7) is 12.2. The molecule has 0 amide bonds. The van der Waals surface area contributed by atoms with Gasteiger partial charge in [0.2, 0.25) is 0 Å². The zero-order chi connectivity index (χ0) is 22.1. The number of morpholine rings is 1. The second kappa shape index (κ2) is 12.3. The molecule has 2 saturated heterocycles. The summed E-state index contributed by atoms with van der Waals surface area (Å²) in [7, 11) is 3.56. The third kappa shape index (κ3) is 7.09. The lowest BCUT2D eigenvalue weighted by Gasteiger charge is -2.36. The second-order valence-corrected chi connectivity index (χ2v) is 8.87. The minimum atomic E-state index is 0.263. The Morgan fingerprint density at radius 1 is 1.13 bits per heavy atom. The number of nitrogens with zero attached hydrogens (tertiary/aromatic N) is 3. The molecular formula is C24H41N5O2. The van der Waals surface area contributed by atoms with Crippen LogP contribution in [0.15, 0.2) is 29.3 Å². The average molecular weight is 432 g/mol. The highest BCUT2D eigenvalue weighted by molar-refractivity contribution is 5.79. The molecule has 2 unspecified atom stereocenters. The summed E-state index contributed by atoms with van der Waals surface area (Å²) >= 11 is 0. The fourth-order valence-corrected chi connectivity index (χ4v) is 4.56. The zero-order valence-corrected chi connectivity index (χ0v) is 19.8. The molecule has 2 N–H and O–H groups in total. The summed E-state index contributed by atoms with van der Waals surface area (Å²) in [5, 5.41) is 7.15. The summed E-state index contributed by atoms with van der Waals surface area (Å²) in [6, 6.07) is 9.30. The van der Waals surface area contributed by atoms with Gasteiger partial charge in [-0.05, 0) is 56.8 Å². The lowest BCUT2D eigenvalue weighted by atomic mass is 9.97. The first kappa shape index (κ1) is 23.8. The Hall–Kier alpha value is -1.83. The summed E-state index contributed by atoms with van der Waals surface area (Å²) in [6.07, 6.45) is 2.57. The maximum atomic E-state index is 5.58. The fraction of sp³-hybridized carbons (Fsp3) is 0.708. The van der Waals surface area contributed by atoms with Crippen LogP contribution in [-0.2, 0) is 4.74 Å². The quantitative estimate of drug-likeness (QED) is 0.487. The van der Waals surface area contributed by atoms with Crippen LogP contribution >= 0.6 is 0 Å². The van der Waals surface area contributed by atoms with E-state index in [0.717, 1.165) is 51.1 Å². The molecule has 0 bridgehead atoms. The van der Waals surface area contributed by atoms with Crippen LogP contribution in [0.3, 0.4) is 0 Å². The lowest BCUT2D eigenvalue weighted by molar-refractivity contribution is 0.0170. The molecule has 2 aliphatic rings. The van der Waals surface area contributed by atoms with Crippen LogP contribution < -0.4 is 15.4 Å². The normalized spacial score (nSPS) is 22.4. The minimum absolute atomic E-state index is 0.263. The maximum absolute atomic E-state index is 5.58. The molecule has 0 spiro atoms.